The number of aliphatic carboxylic acids is 1. The molecule has 5 heteroatoms. The molecule has 1 amide bonds. The number of aryl methyl sites for hydroxylation is 1. The van der Waals surface area contributed by atoms with Crippen molar-refractivity contribution >= 4 is 11.9 Å². The first-order valence-electron chi connectivity index (χ1n) is 8.23. The van der Waals surface area contributed by atoms with E-state index in [0.717, 1.165) is 30.7 Å². The molecule has 1 N–H and O–H groups in total. The summed E-state index contributed by atoms with van der Waals surface area (Å²) in [6.45, 7) is 3.82. The summed E-state index contributed by atoms with van der Waals surface area (Å²) in [6, 6.07) is 7.78. The molecule has 0 spiro atoms. The van der Waals surface area contributed by atoms with Crippen LogP contribution in [-0.4, -0.2) is 41.6 Å². The molecule has 126 valence electrons. The molecule has 1 aliphatic rings. The SMILES string of the molecule is Cc1cccc(OCCC(=O)N2CCC[C@@H](CCC(=O)O)C2)c1. The first-order valence-corrected chi connectivity index (χ1v) is 8.23. The van der Waals surface area contributed by atoms with E-state index in [2.05, 4.69) is 0 Å². The number of amides is 1. The highest BCUT2D eigenvalue weighted by atomic mass is 16.5. The highest BCUT2D eigenvalue weighted by molar-refractivity contribution is 5.76. The second-order valence-electron chi connectivity index (χ2n) is 6.20. The predicted molar refractivity (Wildman–Crippen MR) is 87.5 cm³/mol. The van der Waals surface area contributed by atoms with Crippen LogP contribution in [-0.2, 0) is 9.59 Å². The maximum atomic E-state index is 12.3. The number of rotatable bonds is 7. The fourth-order valence-electron chi connectivity index (χ4n) is 2.97. The number of ether oxygens (including phenoxy) is 1. The topological polar surface area (TPSA) is 66.8 Å². The molecular formula is C18H25NO4. The van der Waals surface area contributed by atoms with Gasteiger partial charge in [-0.05, 0) is 49.8 Å². The van der Waals surface area contributed by atoms with E-state index in [9.17, 15) is 9.59 Å². The Hall–Kier alpha value is -2.04. The molecule has 1 aromatic rings. The Labute approximate surface area is 137 Å². The third-order valence-electron chi connectivity index (χ3n) is 4.21. The molecule has 5 nitrogen and oxygen atoms in total. The Bertz CT molecular complexity index is 544. The molecule has 0 aliphatic carbocycles. The standard InChI is InChI=1S/C18H25NO4/c1-14-4-2-6-16(12-14)23-11-9-17(20)19-10-3-5-15(13-19)7-8-18(21)22/h2,4,6,12,15H,3,5,7-11,13H2,1H3,(H,21,22)/t15-/m0/s1. The zero-order valence-electron chi connectivity index (χ0n) is 13.7. The second-order valence-corrected chi connectivity index (χ2v) is 6.20. The summed E-state index contributed by atoms with van der Waals surface area (Å²) < 4.78 is 5.63. The molecule has 1 aliphatic heterocycles. The quantitative estimate of drug-likeness (QED) is 0.839. The van der Waals surface area contributed by atoms with Gasteiger partial charge in [0, 0.05) is 19.5 Å². The Kier molecular flexibility index (Phi) is 6.44. The van der Waals surface area contributed by atoms with E-state index in [-0.39, 0.29) is 12.3 Å². The van der Waals surface area contributed by atoms with Crippen LogP contribution < -0.4 is 4.74 Å². The summed E-state index contributed by atoms with van der Waals surface area (Å²) in [6.07, 6.45) is 3.16. The van der Waals surface area contributed by atoms with Crippen LogP contribution in [0.4, 0.5) is 0 Å². The van der Waals surface area contributed by atoms with E-state index in [0.29, 0.717) is 31.9 Å². The number of carboxylic acid groups (broad SMARTS) is 1. The Morgan fingerprint density at radius 2 is 2.17 bits per heavy atom. The van der Waals surface area contributed by atoms with E-state index in [1.54, 1.807) is 0 Å². The van der Waals surface area contributed by atoms with Gasteiger partial charge < -0.3 is 14.7 Å². The highest BCUT2D eigenvalue weighted by Crippen LogP contribution is 2.21. The van der Waals surface area contributed by atoms with Gasteiger partial charge in [-0.1, -0.05) is 12.1 Å². The van der Waals surface area contributed by atoms with Crippen LogP contribution in [0, 0.1) is 12.8 Å². The van der Waals surface area contributed by atoms with Crippen LogP contribution in [0.25, 0.3) is 0 Å². The average molecular weight is 319 g/mol. The van der Waals surface area contributed by atoms with Crippen LogP contribution in [0.2, 0.25) is 0 Å². The normalized spacial score (nSPS) is 17.8. The third kappa shape index (κ3) is 5.93. The minimum Gasteiger partial charge on any atom is -0.493 e. The molecule has 1 heterocycles. The maximum Gasteiger partial charge on any atom is 0.303 e. The van der Waals surface area contributed by atoms with Crippen LogP contribution >= 0.6 is 0 Å². The van der Waals surface area contributed by atoms with Crippen LogP contribution in [0.5, 0.6) is 5.75 Å². The van der Waals surface area contributed by atoms with Gasteiger partial charge in [0.2, 0.25) is 5.91 Å². The van der Waals surface area contributed by atoms with Gasteiger partial charge in [-0.3, -0.25) is 9.59 Å². The van der Waals surface area contributed by atoms with Gasteiger partial charge in [-0.2, -0.15) is 0 Å². The van der Waals surface area contributed by atoms with Crippen molar-refractivity contribution in [3.05, 3.63) is 29.8 Å². The lowest BCUT2D eigenvalue weighted by Crippen LogP contribution is -2.40. The number of piperidine rings is 1. The molecule has 1 fully saturated rings. The van der Waals surface area contributed by atoms with Gasteiger partial charge in [0.15, 0.2) is 0 Å². The number of carbonyl (C=O) groups is 2. The van der Waals surface area contributed by atoms with E-state index < -0.39 is 5.97 Å². The van der Waals surface area contributed by atoms with Crippen molar-refractivity contribution in [2.24, 2.45) is 5.92 Å². The molecule has 0 unspecified atom stereocenters. The molecule has 23 heavy (non-hydrogen) atoms. The van der Waals surface area contributed by atoms with E-state index in [4.69, 9.17) is 9.84 Å². The van der Waals surface area contributed by atoms with Crippen LogP contribution in [0.1, 0.15) is 37.7 Å². The smallest absolute Gasteiger partial charge is 0.303 e. The zero-order valence-corrected chi connectivity index (χ0v) is 13.7. The number of likely N-dealkylation sites (tertiary alicyclic amines) is 1. The fourth-order valence-corrected chi connectivity index (χ4v) is 2.97. The predicted octanol–water partition coefficient (Wildman–Crippen LogP) is 2.87. The van der Waals surface area contributed by atoms with E-state index in [1.165, 1.54) is 0 Å². The van der Waals surface area contributed by atoms with Crippen molar-refractivity contribution in [3.63, 3.8) is 0 Å². The van der Waals surface area contributed by atoms with E-state index >= 15 is 0 Å². The number of hydrogen-bond donors (Lipinski definition) is 1. The lowest BCUT2D eigenvalue weighted by Gasteiger charge is -2.32. The van der Waals surface area contributed by atoms with Gasteiger partial charge in [0.05, 0.1) is 13.0 Å². The molecule has 0 radical (unpaired) electrons. The Morgan fingerprint density at radius 3 is 2.91 bits per heavy atom. The Balaban J connectivity index is 1.73. The minimum atomic E-state index is -0.764. The fraction of sp³-hybridized carbons (Fsp3) is 0.556. The van der Waals surface area contributed by atoms with E-state index in [1.807, 2.05) is 36.1 Å². The number of nitrogens with zero attached hydrogens (tertiary/aromatic N) is 1. The lowest BCUT2D eigenvalue weighted by atomic mass is 9.93. The molecule has 0 saturated carbocycles. The molecule has 1 aromatic carbocycles. The summed E-state index contributed by atoms with van der Waals surface area (Å²) >= 11 is 0. The maximum absolute atomic E-state index is 12.3. The molecule has 2 rings (SSSR count). The molecule has 1 saturated heterocycles. The third-order valence-corrected chi connectivity index (χ3v) is 4.21. The zero-order chi connectivity index (χ0) is 16.7. The summed E-state index contributed by atoms with van der Waals surface area (Å²) in [5.41, 5.74) is 1.13. The largest absolute Gasteiger partial charge is 0.493 e. The summed E-state index contributed by atoms with van der Waals surface area (Å²) in [7, 11) is 0. The highest BCUT2D eigenvalue weighted by Gasteiger charge is 2.23. The first kappa shape index (κ1) is 17.3. The van der Waals surface area contributed by atoms with Crippen molar-refractivity contribution in [3.8, 4) is 5.75 Å². The minimum absolute atomic E-state index is 0.0951. The lowest BCUT2D eigenvalue weighted by molar-refractivity contribution is -0.137. The van der Waals surface area contributed by atoms with Crippen molar-refractivity contribution < 1.29 is 19.4 Å². The van der Waals surface area contributed by atoms with Crippen molar-refractivity contribution in [2.45, 2.75) is 39.0 Å². The van der Waals surface area contributed by atoms with Gasteiger partial charge in [0.25, 0.3) is 0 Å². The number of carbonyl (C=O) groups excluding carboxylic acids is 1. The summed E-state index contributed by atoms with van der Waals surface area (Å²) in [5.74, 6) is 0.426. The first-order chi connectivity index (χ1) is 11.0. The summed E-state index contributed by atoms with van der Waals surface area (Å²) in [4.78, 5) is 24.8. The summed E-state index contributed by atoms with van der Waals surface area (Å²) in [5, 5.41) is 8.77. The van der Waals surface area contributed by atoms with Gasteiger partial charge in [0.1, 0.15) is 5.75 Å². The van der Waals surface area contributed by atoms with Crippen molar-refractivity contribution in [1.29, 1.82) is 0 Å². The number of benzene rings is 1. The molecule has 0 aromatic heterocycles. The average Bonchev–Trinajstić information content (AvgIpc) is 2.53. The molecule has 0 bridgehead atoms. The number of carboxylic acids is 1. The monoisotopic (exact) mass is 319 g/mol. The van der Waals surface area contributed by atoms with Gasteiger partial charge >= 0.3 is 5.97 Å². The number of hydrogen-bond acceptors (Lipinski definition) is 3. The van der Waals surface area contributed by atoms with Crippen molar-refractivity contribution in [2.75, 3.05) is 19.7 Å². The second kappa shape index (κ2) is 8.56. The Morgan fingerprint density at radius 1 is 1.35 bits per heavy atom. The van der Waals surface area contributed by atoms with Gasteiger partial charge in [-0.15, -0.1) is 0 Å². The van der Waals surface area contributed by atoms with Crippen LogP contribution in [0.3, 0.4) is 0 Å². The molecular weight excluding hydrogens is 294 g/mol. The van der Waals surface area contributed by atoms with Gasteiger partial charge in [-0.25, -0.2) is 0 Å². The van der Waals surface area contributed by atoms with Crippen molar-refractivity contribution in [1.82, 2.24) is 4.90 Å². The molecule has 1 atom stereocenters. The van der Waals surface area contributed by atoms with Crippen LogP contribution in [0.15, 0.2) is 24.3 Å².